The molecule has 0 aromatic heterocycles. The first-order valence-electron chi connectivity index (χ1n) is 5.81. The zero-order valence-electron chi connectivity index (χ0n) is 9.59. The fourth-order valence-corrected chi connectivity index (χ4v) is 2.25. The van der Waals surface area contributed by atoms with E-state index >= 15 is 0 Å². The summed E-state index contributed by atoms with van der Waals surface area (Å²) in [5.74, 6) is 3.92. The Morgan fingerprint density at radius 3 is 2.23 bits per heavy atom. The molecule has 0 bridgehead atoms. The van der Waals surface area contributed by atoms with Gasteiger partial charge in [0.1, 0.15) is 0 Å². The van der Waals surface area contributed by atoms with Crippen molar-refractivity contribution in [1.29, 1.82) is 0 Å². The van der Waals surface area contributed by atoms with E-state index < -0.39 is 0 Å². The van der Waals surface area contributed by atoms with Crippen LogP contribution in [0, 0.1) is 23.7 Å². The molecule has 0 aliphatic heterocycles. The number of allylic oxidation sites excluding steroid dienone is 2. The van der Waals surface area contributed by atoms with E-state index in [-0.39, 0.29) is 0 Å². The summed E-state index contributed by atoms with van der Waals surface area (Å²) in [4.78, 5) is 0. The maximum Gasteiger partial charge on any atom is -0.0325 e. The number of hydrogen-bond donors (Lipinski definition) is 0. The third kappa shape index (κ3) is 3.17. The van der Waals surface area contributed by atoms with Gasteiger partial charge in [-0.1, -0.05) is 39.8 Å². The highest BCUT2D eigenvalue weighted by Crippen LogP contribution is 2.49. The molecule has 3 atom stereocenters. The molecule has 76 valence electrons. The molecule has 0 nitrogen and oxygen atoms in total. The van der Waals surface area contributed by atoms with Crippen molar-refractivity contribution in [3.05, 3.63) is 12.2 Å². The van der Waals surface area contributed by atoms with Crippen molar-refractivity contribution in [2.75, 3.05) is 0 Å². The highest BCUT2D eigenvalue weighted by atomic mass is 14.5. The van der Waals surface area contributed by atoms with Crippen LogP contribution in [0.1, 0.15) is 47.0 Å². The summed E-state index contributed by atoms with van der Waals surface area (Å²) >= 11 is 0. The Morgan fingerprint density at radius 2 is 1.77 bits per heavy atom. The van der Waals surface area contributed by atoms with Gasteiger partial charge in [-0.15, -0.1) is 0 Å². The molecular weight excluding hydrogens is 156 g/mol. The molecule has 0 saturated heterocycles. The Bertz CT molecular complexity index is 161. The zero-order chi connectivity index (χ0) is 9.84. The first kappa shape index (κ1) is 10.8. The van der Waals surface area contributed by atoms with Crippen molar-refractivity contribution in [3.8, 4) is 0 Å². The topological polar surface area (TPSA) is 0 Å². The van der Waals surface area contributed by atoms with E-state index in [0.717, 1.165) is 23.7 Å². The highest BCUT2D eigenvalue weighted by Gasteiger charge is 2.42. The first-order chi connectivity index (χ1) is 6.16. The molecule has 0 N–H and O–H groups in total. The van der Waals surface area contributed by atoms with Gasteiger partial charge in [-0.05, 0) is 42.9 Å². The molecule has 0 aromatic carbocycles. The molecule has 0 amide bonds. The molecule has 1 saturated carbocycles. The molecule has 3 unspecified atom stereocenters. The summed E-state index contributed by atoms with van der Waals surface area (Å²) in [6, 6.07) is 0. The summed E-state index contributed by atoms with van der Waals surface area (Å²) in [5, 5.41) is 0. The van der Waals surface area contributed by atoms with Crippen LogP contribution in [-0.4, -0.2) is 0 Å². The van der Waals surface area contributed by atoms with Crippen LogP contribution < -0.4 is 0 Å². The van der Waals surface area contributed by atoms with Crippen molar-refractivity contribution >= 4 is 0 Å². The molecule has 0 radical (unpaired) electrons. The molecule has 1 aliphatic carbocycles. The summed E-state index contributed by atoms with van der Waals surface area (Å²) in [5.41, 5.74) is 0. The Hall–Kier alpha value is -0.260. The standard InChI is InChI=1S/C13H24/c1-5-6-7-8-10(2)9-13-11(3)12(13)4/h6-7,10-13H,5,8-9H2,1-4H3. The van der Waals surface area contributed by atoms with Crippen LogP contribution >= 0.6 is 0 Å². The molecule has 13 heavy (non-hydrogen) atoms. The fraction of sp³-hybridized carbons (Fsp3) is 0.846. The maximum atomic E-state index is 2.39. The minimum atomic E-state index is 0.889. The molecule has 0 heterocycles. The van der Waals surface area contributed by atoms with E-state index in [9.17, 15) is 0 Å². The normalized spacial score (nSPS) is 35.2. The Kier molecular flexibility index (Phi) is 4.02. The van der Waals surface area contributed by atoms with Gasteiger partial charge in [-0.25, -0.2) is 0 Å². The van der Waals surface area contributed by atoms with Crippen LogP contribution in [0.5, 0.6) is 0 Å². The van der Waals surface area contributed by atoms with Crippen molar-refractivity contribution in [2.24, 2.45) is 23.7 Å². The van der Waals surface area contributed by atoms with Gasteiger partial charge in [-0.2, -0.15) is 0 Å². The monoisotopic (exact) mass is 180 g/mol. The van der Waals surface area contributed by atoms with Crippen LogP contribution in [0.4, 0.5) is 0 Å². The van der Waals surface area contributed by atoms with Gasteiger partial charge in [0.05, 0.1) is 0 Å². The van der Waals surface area contributed by atoms with Gasteiger partial charge in [0.2, 0.25) is 0 Å². The van der Waals surface area contributed by atoms with Gasteiger partial charge in [0.25, 0.3) is 0 Å². The second-order valence-electron chi connectivity index (χ2n) is 4.84. The third-order valence-electron chi connectivity index (χ3n) is 3.65. The molecular formula is C13H24. The van der Waals surface area contributed by atoms with Crippen LogP contribution in [0.2, 0.25) is 0 Å². The molecule has 1 aliphatic rings. The molecule has 1 rings (SSSR count). The second-order valence-corrected chi connectivity index (χ2v) is 4.84. The average molecular weight is 180 g/mol. The predicted molar refractivity (Wildman–Crippen MR) is 59.6 cm³/mol. The van der Waals surface area contributed by atoms with Crippen molar-refractivity contribution in [3.63, 3.8) is 0 Å². The quantitative estimate of drug-likeness (QED) is 0.554. The van der Waals surface area contributed by atoms with Crippen LogP contribution in [0.25, 0.3) is 0 Å². The lowest BCUT2D eigenvalue weighted by molar-refractivity contribution is 0.477. The van der Waals surface area contributed by atoms with E-state index in [1.54, 1.807) is 0 Å². The van der Waals surface area contributed by atoms with Crippen molar-refractivity contribution in [1.82, 2.24) is 0 Å². The maximum absolute atomic E-state index is 2.39. The highest BCUT2D eigenvalue weighted by molar-refractivity contribution is 4.92. The van der Waals surface area contributed by atoms with Crippen LogP contribution in [0.15, 0.2) is 12.2 Å². The summed E-state index contributed by atoms with van der Waals surface area (Å²) in [6.07, 6.45) is 8.54. The minimum absolute atomic E-state index is 0.889. The minimum Gasteiger partial charge on any atom is -0.0888 e. The van der Waals surface area contributed by atoms with Crippen molar-refractivity contribution < 1.29 is 0 Å². The predicted octanol–water partition coefficient (Wildman–Crippen LogP) is 4.27. The average Bonchev–Trinajstić information content (AvgIpc) is 2.63. The number of rotatable bonds is 5. The molecule has 0 heteroatoms. The number of hydrogen-bond acceptors (Lipinski definition) is 0. The van der Waals surface area contributed by atoms with E-state index in [2.05, 4.69) is 39.8 Å². The van der Waals surface area contributed by atoms with Crippen LogP contribution in [0.3, 0.4) is 0 Å². The van der Waals surface area contributed by atoms with E-state index in [1.165, 1.54) is 19.3 Å². The van der Waals surface area contributed by atoms with Gasteiger partial charge in [-0.3, -0.25) is 0 Å². The summed E-state index contributed by atoms with van der Waals surface area (Å²) in [6.45, 7) is 9.37. The summed E-state index contributed by atoms with van der Waals surface area (Å²) < 4.78 is 0. The Labute approximate surface area is 83.4 Å². The Balaban J connectivity index is 2.11. The molecule has 1 fully saturated rings. The molecule has 0 spiro atoms. The SMILES string of the molecule is CCC=CCC(C)CC1C(C)C1C. The lowest BCUT2D eigenvalue weighted by Gasteiger charge is -2.07. The lowest BCUT2D eigenvalue weighted by Crippen LogP contribution is -1.95. The second kappa shape index (κ2) is 4.83. The van der Waals surface area contributed by atoms with Gasteiger partial charge >= 0.3 is 0 Å². The van der Waals surface area contributed by atoms with Crippen LogP contribution in [-0.2, 0) is 0 Å². The lowest BCUT2D eigenvalue weighted by atomic mass is 9.99. The summed E-state index contributed by atoms with van der Waals surface area (Å²) in [7, 11) is 0. The third-order valence-corrected chi connectivity index (χ3v) is 3.65. The smallest absolute Gasteiger partial charge is 0.0325 e. The largest absolute Gasteiger partial charge is 0.0888 e. The van der Waals surface area contributed by atoms with Gasteiger partial charge in [0.15, 0.2) is 0 Å². The van der Waals surface area contributed by atoms with Gasteiger partial charge < -0.3 is 0 Å². The zero-order valence-corrected chi connectivity index (χ0v) is 9.59. The van der Waals surface area contributed by atoms with Crippen molar-refractivity contribution in [2.45, 2.75) is 47.0 Å². The first-order valence-corrected chi connectivity index (χ1v) is 5.81. The van der Waals surface area contributed by atoms with E-state index in [4.69, 9.17) is 0 Å². The fourth-order valence-electron chi connectivity index (χ4n) is 2.25. The van der Waals surface area contributed by atoms with Gasteiger partial charge in [0, 0.05) is 0 Å². The van der Waals surface area contributed by atoms with E-state index in [1.807, 2.05) is 0 Å². The Morgan fingerprint density at radius 1 is 1.15 bits per heavy atom. The molecule has 0 aromatic rings. The van der Waals surface area contributed by atoms with E-state index in [0.29, 0.717) is 0 Å².